The number of carbonyl (C=O) groups is 3. The number of amides is 3. The summed E-state index contributed by atoms with van der Waals surface area (Å²) in [5.41, 5.74) is 0. The van der Waals surface area contributed by atoms with Crippen molar-refractivity contribution < 1.29 is 32.5 Å². The average molecular weight is 347 g/mol. The molecule has 0 aromatic heterocycles. The first-order chi connectivity index (χ1) is 10.9. The Morgan fingerprint density at radius 2 is 1.00 bits per heavy atom. The lowest BCUT2D eigenvalue weighted by Gasteiger charge is -2.18. The lowest BCUT2D eigenvalue weighted by Crippen LogP contribution is -2.28. The molecule has 0 heterocycles. The summed E-state index contributed by atoms with van der Waals surface area (Å²) < 4.78 is 26.7. The standard InChI is InChI=1S/C12H18N3O7P/c1-4-10(16)13-7-20-23(19,21-8-14-11(17)5-2)22-9-15-12(18)6-3/h4-6H,1-3,7-9H2,(H,13,16)(H,14,17)(H,15,18). The molecule has 0 aliphatic heterocycles. The van der Waals surface area contributed by atoms with E-state index in [1.807, 2.05) is 0 Å². The van der Waals surface area contributed by atoms with Gasteiger partial charge in [-0.05, 0) is 18.2 Å². The minimum absolute atomic E-state index is 0.507. The highest BCUT2D eigenvalue weighted by atomic mass is 31.2. The molecule has 0 fully saturated rings. The lowest BCUT2D eigenvalue weighted by molar-refractivity contribution is -0.117. The molecule has 0 spiro atoms. The average Bonchev–Trinajstić information content (AvgIpc) is 2.54. The molecular formula is C12H18N3O7P. The number of phosphoric acid groups is 1. The van der Waals surface area contributed by atoms with Crippen LogP contribution in [0.15, 0.2) is 38.0 Å². The molecule has 3 N–H and O–H groups in total. The van der Waals surface area contributed by atoms with E-state index in [1.54, 1.807) is 0 Å². The van der Waals surface area contributed by atoms with Crippen LogP contribution in [0.4, 0.5) is 0 Å². The van der Waals surface area contributed by atoms with E-state index in [0.29, 0.717) is 0 Å². The van der Waals surface area contributed by atoms with Gasteiger partial charge in [0, 0.05) is 0 Å². The summed E-state index contributed by atoms with van der Waals surface area (Å²) in [5, 5.41) is 6.57. The minimum atomic E-state index is -4.17. The second-order valence-electron chi connectivity index (χ2n) is 3.50. The number of carbonyl (C=O) groups excluding carboxylic acids is 3. The van der Waals surface area contributed by atoms with Gasteiger partial charge < -0.3 is 16.0 Å². The summed E-state index contributed by atoms with van der Waals surface area (Å²) in [4.78, 5) is 32.9. The van der Waals surface area contributed by atoms with Crippen molar-refractivity contribution in [3.05, 3.63) is 38.0 Å². The number of phosphoric ester groups is 1. The van der Waals surface area contributed by atoms with Crippen LogP contribution >= 0.6 is 7.82 Å². The molecular weight excluding hydrogens is 329 g/mol. The predicted molar refractivity (Wildman–Crippen MR) is 80.5 cm³/mol. The Labute approximate surface area is 133 Å². The summed E-state index contributed by atoms with van der Waals surface area (Å²) >= 11 is 0. The van der Waals surface area contributed by atoms with Crippen molar-refractivity contribution in [2.24, 2.45) is 0 Å². The quantitative estimate of drug-likeness (QED) is 0.256. The molecule has 0 atom stereocenters. The monoisotopic (exact) mass is 347 g/mol. The Kier molecular flexibility index (Phi) is 10.2. The van der Waals surface area contributed by atoms with E-state index in [9.17, 15) is 18.9 Å². The van der Waals surface area contributed by atoms with Crippen molar-refractivity contribution in [2.75, 3.05) is 20.2 Å². The van der Waals surface area contributed by atoms with E-state index >= 15 is 0 Å². The van der Waals surface area contributed by atoms with Gasteiger partial charge in [-0.15, -0.1) is 0 Å². The zero-order valence-electron chi connectivity index (χ0n) is 12.3. The molecule has 128 valence electrons. The van der Waals surface area contributed by atoms with Gasteiger partial charge in [-0.3, -0.25) is 28.0 Å². The van der Waals surface area contributed by atoms with Gasteiger partial charge in [0.25, 0.3) is 0 Å². The summed E-state index contributed by atoms with van der Waals surface area (Å²) in [7, 11) is -4.17. The highest BCUT2D eigenvalue weighted by molar-refractivity contribution is 7.48. The van der Waals surface area contributed by atoms with Crippen molar-refractivity contribution >= 4 is 25.5 Å². The maximum atomic E-state index is 12.2. The van der Waals surface area contributed by atoms with Crippen molar-refractivity contribution in [3.63, 3.8) is 0 Å². The molecule has 0 aliphatic carbocycles. The second-order valence-corrected chi connectivity index (χ2v) is 5.17. The van der Waals surface area contributed by atoms with Crippen LogP contribution in [0.2, 0.25) is 0 Å². The Morgan fingerprint density at radius 1 is 0.739 bits per heavy atom. The highest BCUT2D eigenvalue weighted by Gasteiger charge is 2.27. The first kappa shape index (κ1) is 20.7. The predicted octanol–water partition coefficient (Wildman–Crippen LogP) is -0.0766. The summed E-state index contributed by atoms with van der Waals surface area (Å²) in [5.74, 6) is -1.72. The van der Waals surface area contributed by atoms with Gasteiger partial charge in [0.2, 0.25) is 17.7 Å². The third kappa shape index (κ3) is 10.1. The zero-order chi connectivity index (χ0) is 17.7. The Hall–Kier alpha value is -2.26. The maximum absolute atomic E-state index is 12.2. The van der Waals surface area contributed by atoms with Gasteiger partial charge in [-0.25, -0.2) is 4.57 Å². The molecule has 0 saturated carbocycles. The number of rotatable bonds is 12. The fourth-order valence-corrected chi connectivity index (χ4v) is 1.77. The fourth-order valence-electron chi connectivity index (χ4n) is 0.876. The highest BCUT2D eigenvalue weighted by Crippen LogP contribution is 2.48. The Balaban J connectivity index is 4.51. The molecule has 23 heavy (non-hydrogen) atoms. The van der Waals surface area contributed by atoms with E-state index in [0.717, 1.165) is 18.2 Å². The van der Waals surface area contributed by atoms with E-state index in [-0.39, 0.29) is 0 Å². The van der Waals surface area contributed by atoms with Crippen LogP contribution in [0.5, 0.6) is 0 Å². The summed E-state index contributed by atoms with van der Waals surface area (Å²) in [6.45, 7) is 8.14. The van der Waals surface area contributed by atoms with Gasteiger partial charge >= 0.3 is 7.82 Å². The van der Waals surface area contributed by atoms with Gasteiger partial charge in [0.1, 0.15) is 20.2 Å². The van der Waals surface area contributed by atoms with Gasteiger partial charge in [-0.1, -0.05) is 19.7 Å². The summed E-state index contributed by atoms with van der Waals surface area (Å²) in [6, 6.07) is 0. The molecule has 3 amide bonds. The van der Waals surface area contributed by atoms with E-state index in [4.69, 9.17) is 13.6 Å². The third-order valence-electron chi connectivity index (χ3n) is 1.96. The molecule has 0 saturated heterocycles. The normalized spacial score (nSPS) is 10.3. The number of hydrogen-bond acceptors (Lipinski definition) is 7. The van der Waals surface area contributed by atoms with Gasteiger partial charge in [-0.2, -0.15) is 0 Å². The molecule has 0 aromatic carbocycles. The molecule has 10 nitrogen and oxygen atoms in total. The molecule has 0 bridgehead atoms. The first-order valence-corrected chi connectivity index (χ1v) is 7.57. The van der Waals surface area contributed by atoms with Crippen LogP contribution < -0.4 is 16.0 Å². The Morgan fingerprint density at radius 3 is 1.22 bits per heavy atom. The third-order valence-corrected chi connectivity index (χ3v) is 3.30. The van der Waals surface area contributed by atoms with E-state index in [1.165, 1.54) is 0 Å². The zero-order valence-corrected chi connectivity index (χ0v) is 13.2. The van der Waals surface area contributed by atoms with Crippen molar-refractivity contribution in [1.29, 1.82) is 0 Å². The van der Waals surface area contributed by atoms with Crippen LogP contribution in [0, 0.1) is 0 Å². The SMILES string of the molecule is C=CC(=O)NCOP(=O)(OCNC(=O)C=C)OCNC(=O)C=C. The smallest absolute Gasteiger partial charge is 0.329 e. The molecule has 0 aliphatic rings. The van der Waals surface area contributed by atoms with Crippen LogP contribution in [-0.2, 0) is 32.5 Å². The van der Waals surface area contributed by atoms with Crippen molar-refractivity contribution in [1.82, 2.24) is 16.0 Å². The molecule has 0 radical (unpaired) electrons. The van der Waals surface area contributed by atoms with Crippen LogP contribution in [0.3, 0.4) is 0 Å². The number of nitrogens with one attached hydrogen (secondary N) is 3. The summed E-state index contributed by atoms with van der Waals surface area (Å²) in [6.07, 6.45) is 2.93. The van der Waals surface area contributed by atoms with Crippen molar-refractivity contribution in [2.45, 2.75) is 0 Å². The van der Waals surface area contributed by atoms with E-state index in [2.05, 4.69) is 35.7 Å². The minimum Gasteiger partial charge on any atom is -0.329 e. The molecule has 0 unspecified atom stereocenters. The van der Waals surface area contributed by atoms with Crippen molar-refractivity contribution in [3.8, 4) is 0 Å². The van der Waals surface area contributed by atoms with Crippen LogP contribution in [0.25, 0.3) is 0 Å². The van der Waals surface area contributed by atoms with E-state index < -0.39 is 45.7 Å². The maximum Gasteiger partial charge on any atom is 0.479 e. The van der Waals surface area contributed by atoms with Gasteiger partial charge in [0.05, 0.1) is 0 Å². The first-order valence-electron chi connectivity index (χ1n) is 6.11. The fraction of sp³-hybridized carbons (Fsp3) is 0.250. The molecule has 11 heteroatoms. The Bertz CT molecular complexity index is 449. The van der Waals surface area contributed by atoms with Crippen LogP contribution in [-0.4, -0.2) is 37.9 Å². The number of hydrogen-bond donors (Lipinski definition) is 3. The molecule has 0 aromatic rings. The topological polar surface area (TPSA) is 132 Å². The lowest BCUT2D eigenvalue weighted by atomic mass is 10.6. The second kappa shape index (κ2) is 11.3. The largest absolute Gasteiger partial charge is 0.479 e. The molecule has 0 rings (SSSR count). The van der Waals surface area contributed by atoms with Gasteiger partial charge in [0.15, 0.2) is 0 Å². The van der Waals surface area contributed by atoms with Crippen LogP contribution in [0.1, 0.15) is 0 Å².